The number of nitrogens with one attached hydrogen (secondary N) is 2. The molecule has 6 nitrogen and oxygen atoms in total. The second-order valence-corrected chi connectivity index (χ2v) is 7.21. The third-order valence-electron chi connectivity index (χ3n) is 5.24. The Bertz CT molecular complexity index is 709. The average Bonchev–Trinajstić information content (AvgIpc) is 2.82. The minimum Gasteiger partial charge on any atom is -0.350 e. The zero-order chi connectivity index (χ0) is 18.0. The first-order valence-corrected chi connectivity index (χ1v) is 8.96. The van der Waals surface area contributed by atoms with E-state index in [-0.39, 0.29) is 30.8 Å². The van der Waals surface area contributed by atoms with Gasteiger partial charge in [0.15, 0.2) is 0 Å². The van der Waals surface area contributed by atoms with Crippen LogP contribution in [0.15, 0.2) is 24.3 Å². The van der Waals surface area contributed by atoms with Crippen LogP contribution in [0.5, 0.6) is 0 Å². The summed E-state index contributed by atoms with van der Waals surface area (Å²) in [5.41, 5.74) is -0.0506. The van der Waals surface area contributed by atoms with Gasteiger partial charge in [0, 0.05) is 11.6 Å². The zero-order valence-electron chi connectivity index (χ0n) is 14.2. The molecule has 1 spiro atoms. The number of benzene rings is 1. The average molecular weight is 364 g/mol. The van der Waals surface area contributed by atoms with Gasteiger partial charge in [-0.15, -0.1) is 0 Å². The summed E-state index contributed by atoms with van der Waals surface area (Å²) in [7, 11) is 0. The number of carbonyl (C=O) groups is 3. The number of hydrogen-bond donors (Lipinski definition) is 2. The molecule has 1 heterocycles. The highest BCUT2D eigenvalue weighted by Crippen LogP contribution is 2.38. The number of rotatable bonds is 4. The Balaban J connectivity index is 1.62. The second kappa shape index (κ2) is 7.04. The van der Waals surface area contributed by atoms with Crippen molar-refractivity contribution in [2.75, 3.05) is 6.54 Å². The van der Waals surface area contributed by atoms with E-state index in [0.29, 0.717) is 11.4 Å². The van der Waals surface area contributed by atoms with Crippen LogP contribution in [0.4, 0.5) is 4.79 Å². The van der Waals surface area contributed by atoms with Crippen LogP contribution in [0.25, 0.3) is 0 Å². The summed E-state index contributed by atoms with van der Waals surface area (Å²) < 4.78 is 0. The number of nitrogens with zero attached hydrogens (tertiary/aromatic N) is 1. The topological polar surface area (TPSA) is 78.5 Å². The van der Waals surface area contributed by atoms with E-state index in [2.05, 4.69) is 10.6 Å². The fraction of sp³-hybridized carbons (Fsp3) is 0.500. The first kappa shape index (κ1) is 17.7. The van der Waals surface area contributed by atoms with E-state index in [0.717, 1.165) is 29.7 Å². The van der Waals surface area contributed by atoms with Crippen molar-refractivity contribution in [2.45, 2.75) is 44.7 Å². The number of urea groups is 1. The Hall–Kier alpha value is -2.08. The summed E-state index contributed by atoms with van der Waals surface area (Å²) in [6.07, 6.45) is 3.50. The monoisotopic (exact) mass is 363 g/mol. The van der Waals surface area contributed by atoms with Gasteiger partial charge >= 0.3 is 6.03 Å². The highest BCUT2D eigenvalue weighted by molar-refractivity contribution is 6.31. The molecule has 0 bridgehead atoms. The number of hydrogen-bond acceptors (Lipinski definition) is 3. The van der Waals surface area contributed by atoms with E-state index in [4.69, 9.17) is 11.6 Å². The minimum atomic E-state index is -0.835. The first-order valence-electron chi connectivity index (χ1n) is 8.58. The van der Waals surface area contributed by atoms with E-state index in [9.17, 15) is 14.4 Å². The third-order valence-corrected chi connectivity index (χ3v) is 5.61. The summed E-state index contributed by atoms with van der Waals surface area (Å²) in [6, 6.07) is 6.72. The SMILES string of the molecule is C[C@H]1CCCC[C@]12NC(=O)N(CC(=O)NCc1ccccc1Cl)C2=O. The van der Waals surface area contributed by atoms with Crippen LogP contribution in [-0.2, 0) is 16.1 Å². The maximum absolute atomic E-state index is 12.8. The van der Waals surface area contributed by atoms with Crippen molar-refractivity contribution >= 4 is 29.4 Å². The van der Waals surface area contributed by atoms with Gasteiger partial charge in [-0.2, -0.15) is 0 Å². The second-order valence-electron chi connectivity index (χ2n) is 6.81. The maximum Gasteiger partial charge on any atom is 0.325 e. The Morgan fingerprint density at radius 2 is 2.12 bits per heavy atom. The molecule has 1 aromatic carbocycles. The molecule has 0 aromatic heterocycles. The summed E-state index contributed by atoms with van der Waals surface area (Å²) in [5.74, 6) is -0.588. The van der Waals surface area contributed by atoms with Crippen LogP contribution >= 0.6 is 11.6 Å². The van der Waals surface area contributed by atoms with Crippen LogP contribution in [0.1, 0.15) is 38.2 Å². The molecule has 25 heavy (non-hydrogen) atoms. The van der Waals surface area contributed by atoms with Crippen molar-refractivity contribution in [2.24, 2.45) is 5.92 Å². The number of halogens is 1. The van der Waals surface area contributed by atoms with Gasteiger partial charge in [-0.1, -0.05) is 49.6 Å². The Morgan fingerprint density at radius 1 is 1.36 bits per heavy atom. The number of carbonyl (C=O) groups excluding carboxylic acids is 3. The summed E-state index contributed by atoms with van der Waals surface area (Å²) >= 11 is 6.06. The molecule has 2 atom stereocenters. The zero-order valence-corrected chi connectivity index (χ0v) is 14.9. The molecule has 0 unspecified atom stereocenters. The van der Waals surface area contributed by atoms with E-state index in [1.165, 1.54) is 0 Å². The molecule has 2 aliphatic rings. The van der Waals surface area contributed by atoms with Crippen molar-refractivity contribution in [3.63, 3.8) is 0 Å². The van der Waals surface area contributed by atoms with Crippen molar-refractivity contribution in [1.82, 2.24) is 15.5 Å². The molecule has 1 aliphatic heterocycles. The van der Waals surface area contributed by atoms with Crippen LogP contribution in [-0.4, -0.2) is 34.8 Å². The van der Waals surface area contributed by atoms with E-state index < -0.39 is 11.6 Å². The smallest absolute Gasteiger partial charge is 0.325 e. The molecule has 2 N–H and O–H groups in total. The van der Waals surface area contributed by atoms with Gasteiger partial charge in [-0.3, -0.25) is 14.5 Å². The summed E-state index contributed by atoms with van der Waals surface area (Å²) in [5, 5.41) is 6.12. The molecule has 1 saturated carbocycles. The molecule has 4 amide bonds. The van der Waals surface area contributed by atoms with Crippen LogP contribution < -0.4 is 10.6 Å². The lowest BCUT2D eigenvalue weighted by Gasteiger charge is -2.36. The lowest BCUT2D eigenvalue weighted by Crippen LogP contribution is -2.54. The predicted molar refractivity (Wildman–Crippen MR) is 93.9 cm³/mol. The molecule has 1 aromatic rings. The van der Waals surface area contributed by atoms with Crippen molar-refractivity contribution in [3.8, 4) is 0 Å². The lowest BCUT2D eigenvalue weighted by molar-refractivity contribution is -0.137. The highest BCUT2D eigenvalue weighted by Gasteiger charge is 2.55. The van der Waals surface area contributed by atoms with E-state index >= 15 is 0 Å². The molecule has 1 saturated heterocycles. The van der Waals surface area contributed by atoms with Gasteiger partial charge in [0.2, 0.25) is 5.91 Å². The number of amides is 4. The molecular formula is C18H22ClN3O3. The molecule has 2 fully saturated rings. The summed E-state index contributed by atoms with van der Waals surface area (Å²) in [4.78, 5) is 38.3. The first-order chi connectivity index (χ1) is 11.9. The molecule has 0 radical (unpaired) electrons. The molecule has 1 aliphatic carbocycles. The standard InChI is InChI=1S/C18H22ClN3O3/c1-12-6-4-5-9-18(12)16(24)22(17(25)21-18)11-15(23)20-10-13-7-2-3-8-14(13)19/h2-3,7-8,12H,4-6,9-11H2,1H3,(H,20,23)(H,21,25)/t12-,18-/m0/s1. The normalized spacial score (nSPS) is 26.0. The quantitative estimate of drug-likeness (QED) is 0.806. The Labute approximate surface area is 151 Å². The number of imide groups is 1. The van der Waals surface area contributed by atoms with Crippen molar-refractivity contribution in [3.05, 3.63) is 34.9 Å². The molecule has 134 valence electrons. The molecule has 3 rings (SSSR count). The predicted octanol–water partition coefficient (Wildman–Crippen LogP) is 2.46. The Kier molecular flexibility index (Phi) is 4.99. The highest BCUT2D eigenvalue weighted by atomic mass is 35.5. The van der Waals surface area contributed by atoms with E-state index in [1.807, 2.05) is 25.1 Å². The van der Waals surface area contributed by atoms with E-state index in [1.54, 1.807) is 6.07 Å². The fourth-order valence-electron chi connectivity index (χ4n) is 3.67. The van der Waals surface area contributed by atoms with Gasteiger partial charge < -0.3 is 10.6 Å². The maximum atomic E-state index is 12.8. The molecular weight excluding hydrogens is 342 g/mol. The minimum absolute atomic E-state index is 0.0777. The largest absolute Gasteiger partial charge is 0.350 e. The van der Waals surface area contributed by atoms with Gasteiger partial charge in [0.1, 0.15) is 12.1 Å². The van der Waals surface area contributed by atoms with Gasteiger partial charge in [0.05, 0.1) is 0 Å². The third kappa shape index (κ3) is 3.35. The fourth-order valence-corrected chi connectivity index (χ4v) is 3.88. The van der Waals surface area contributed by atoms with Crippen molar-refractivity contribution < 1.29 is 14.4 Å². The summed E-state index contributed by atoms with van der Waals surface area (Å²) in [6.45, 7) is 1.96. The van der Waals surface area contributed by atoms with Gasteiger partial charge in [-0.05, 0) is 30.4 Å². The van der Waals surface area contributed by atoms with Crippen LogP contribution in [0.2, 0.25) is 5.02 Å². The van der Waals surface area contributed by atoms with Gasteiger partial charge in [-0.25, -0.2) is 4.79 Å². The van der Waals surface area contributed by atoms with Crippen LogP contribution in [0, 0.1) is 5.92 Å². The lowest BCUT2D eigenvalue weighted by atomic mass is 9.73. The van der Waals surface area contributed by atoms with Gasteiger partial charge in [0.25, 0.3) is 5.91 Å². The van der Waals surface area contributed by atoms with Crippen molar-refractivity contribution in [1.29, 1.82) is 0 Å². The Morgan fingerprint density at radius 3 is 2.84 bits per heavy atom. The van der Waals surface area contributed by atoms with Crippen LogP contribution in [0.3, 0.4) is 0 Å². The molecule has 7 heteroatoms.